The Morgan fingerprint density at radius 3 is 3.00 bits per heavy atom. The molecule has 1 aromatic carbocycles. The fraction of sp³-hybridized carbons (Fsp3) is 0.214. The van der Waals surface area contributed by atoms with Crippen LogP contribution in [0.2, 0.25) is 0 Å². The Labute approximate surface area is 105 Å². The molecule has 18 heavy (non-hydrogen) atoms. The zero-order chi connectivity index (χ0) is 12.5. The van der Waals surface area contributed by atoms with Crippen LogP contribution in [0.15, 0.2) is 41.5 Å². The number of amides is 1. The third kappa shape index (κ3) is 1.76. The lowest BCUT2D eigenvalue weighted by molar-refractivity contribution is -0.120. The Balaban J connectivity index is 2.03. The molecule has 0 spiro atoms. The third-order valence-electron chi connectivity index (χ3n) is 3.09. The van der Waals surface area contributed by atoms with Gasteiger partial charge in [-0.25, -0.2) is 0 Å². The molecule has 3 rings (SSSR count). The number of rotatable bonds is 2. The largest absolute Gasteiger partial charge is 0.309 e. The molecular weight excluding hydrogens is 226 g/mol. The molecule has 0 bridgehead atoms. The number of benzene rings is 1. The molecule has 90 valence electrons. The second-order valence-corrected chi connectivity index (χ2v) is 4.30. The number of pyridine rings is 1. The molecule has 1 aromatic heterocycles. The summed E-state index contributed by atoms with van der Waals surface area (Å²) >= 11 is 0. The molecule has 2 heterocycles. The average molecular weight is 239 g/mol. The van der Waals surface area contributed by atoms with Crippen molar-refractivity contribution in [3.8, 4) is 0 Å². The highest BCUT2D eigenvalue weighted by Gasteiger charge is 2.25. The van der Waals surface area contributed by atoms with Gasteiger partial charge in [-0.05, 0) is 30.7 Å². The second kappa shape index (κ2) is 4.22. The quantitative estimate of drug-likeness (QED) is 0.870. The first-order valence-electron chi connectivity index (χ1n) is 6.02. The van der Waals surface area contributed by atoms with Crippen molar-refractivity contribution in [2.24, 2.45) is 4.99 Å². The normalized spacial score (nSPS) is 18.8. The van der Waals surface area contributed by atoms with E-state index in [2.05, 4.69) is 15.3 Å². The van der Waals surface area contributed by atoms with Gasteiger partial charge in [0.25, 0.3) is 0 Å². The number of aliphatic imine (C=N–C) groups is 1. The van der Waals surface area contributed by atoms with Gasteiger partial charge < -0.3 is 5.32 Å². The molecule has 1 N–H and O–H groups in total. The van der Waals surface area contributed by atoms with Crippen molar-refractivity contribution < 1.29 is 4.79 Å². The number of nitrogens with one attached hydrogen (secondary N) is 1. The highest BCUT2D eigenvalue weighted by molar-refractivity contribution is 6.14. The van der Waals surface area contributed by atoms with Crippen LogP contribution in [-0.4, -0.2) is 22.8 Å². The van der Waals surface area contributed by atoms with Crippen molar-refractivity contribution in [2.45, 2.75) is 19.4 Å². The molecule has 0 radical (unpaired) electrons. The molecule has 1 unspecified atom stereocenters. The number of carbonyl (C=O) groups excluding carboxylic acids is 1. The van der Waals surface area contributed by atoms with Gasteiger partial charge in [0.05, 0.1) is 5.52 Å². The van der Waals surface area contributed by atoms with E-state index in [9.17, 15) is 4.79 Å². The predicted octanol–water partition coefficient (Wildman–Crippen LogP) is 1.89. The zero-order valence-corrected chi connectivity index (χ0v) is 10.1. The van der Waals surface area contributed by atoms with Crippen molar-refractivity contribution >= 4 is 22.6 Å². The lowest BCUT2D eigenvalue weighted by Crippen LogP contribution is -2.28. The first-order valence-corrected chi connectivity index (χ1v) is 6.02. The topological polar surface area (TPSA) is 54.4 Å². The van der Waals surface area contributed by atoms with Gasteiger partial charge in [0.1, 0.15) is 11.9 Å². The van der Waals surface area contributed by atoms with E-state index in [0.29, 0.717) is 5.84 Å². The van der Waals surface area contributed by atoms with E-state index in [1.54, 1.807) is 6.20 Å². The maximum Gasteiger partial charge on any atom is 0.250 e. The summed E-state index contributed by atoms with van der Waals surface area (Å²) in [6.45, 7) is 1.96. The number of nitrogens with zero attached hydrogens (tertiary/aromatic N) is 2. The van der Waals surface area contributed by atoms with Crippen LogP contribution in [0.4, 0.5) is 0 Å². The van der Waals surface area contributed by atoms with Crippen LogP contribution in [0, 0.1) is 0 Å². The first-order chi connectivity index (χ1) is 8.78. The van der Waals surface area contributed by atoms with Gasteiger partial charge in [-0.2, -0.15) is 0 Å². The van der Waals surface area contributed by atoms with Crippen LogP contribution in [0.5, 0.6) is 0 Å². The summed E-state index contributed by atoms with van der Waals surface area (Å²) in [6, 6.07) is 9.53. The maximum atomic E-state index is 11.6. The maximum absolute atomic E-state index is 11.6. The van der Waals surface area contributed by atoms with Gasteiger partial charge in [0, 0.05) is 17.1 Å². The van der Waals surface area contributed by atoms with E-state index >= 15 is 0 Å². The standard InChI is InChI=1S/C14H13N3O/c1-2-11-14(18)17-13(16-11)10-5-6-12-9(8-10)4-3-7-15-12/h3-8,11H,2H2,1H3,(H,16,17,18). The Kier molecular flexibility index (Phi) is 2.55. The van der Waals surface area contributed by atoms with Crippen LogP contribution in [0.25, 0.3) is 10.9 Å². The molecule has 0 saturated carbocycles. The Hall–Kier alpha value is -2.23. The van der Waals surface area contributed by atoms with Crippen molar-refractivity contribution in [1.29, 1.82) is 0 Å². The molecule has 4 heteroatoms. The van der Waals surface area contributed by atoms with E-state index in [1.165, 1.54) is 0 Å². The molecule has 2 aromatic rings. The summed E-state index contributed by atoms with van der Waals surface area (Å²) in [7, 11) is 0. The molecule has 0 saturated heterocycles. The molecule has 1 amide bonds. The van der Waals surface area contributed by atoms with E-state index < -0.39 is 0 Å². The Morgan fingerprint density at radius 2 is 2.22 bits per heavy atom. The first kappa shape index (κ1) is 10.9. The SMILES string of the molecule is CCC1N=C(c2ccc3ncccc3c2)NC1=O. The number of hydrogen-bond acceptors (Lipinski definition) is 3. The van der Waals surface area contributed by atoms with Gasteiger partial charge in [0.15, 0.2) is 0 Å². The second-order valence-electron chi connectivity index (χ2n) is 4.30. The monoisotopic (exact) mass is 239 g/mol. The minimum Gasteiger partial charge on any atom is -0.309 e. The summed E-state index contributed by atoms with van der Waals surface area (Å²) in [6.07, 6.45) is 2.49. The van der Waals surface area contributed by atoms with Gasteiger partial charge >= 0.3 is 0 Å². The highest BCUT2D eigenvalue weighted by Crippen LogP contribution is 2.16. The lowest BCUT2D eigenvalue weighted by Gasteiger charge is -2.02. The summed E-state index contributed by atoms with van der Waals surface area (Å²) in [4.78, 5) is 20.3. The Morgan fingerprint density at radius 1 is 1.33 bits per heavy atom. The number of amidine groups is 1. The molecule has 0 fully saturated rings. The van der Waals surface area contributed by atoms with Crippen molar-refractivity contribution in [3.05, 3.63) is 42.1 Å². The number of hydrogen-bond donors (Lipinski definition) is 1. The number of carbonyl (C=O) groups is 1. The smallest absolute Gasteiger partial charge is 0.250 e. The summed E-state index contributed by atoms with van der Waals surface area (Å²) in [5.74, 6) is 0.649. The molecule has 1 aliphatic rings. The van der Waals surface area contributed by atoms with Crippen LogP contribution in [0.3, 0.4) is 0 Å². The summed E-state index contributed by atoms with van der Waals surface area (Å²) in [5.41, 5.74) is 1.87. The van der Waals surface area contributed by atoms with Crippen LogP contribution >= 0.6 is 0 Å². The van der Waals surface area contributed by atoms with E-state index in [1.807, 2.05) is 37.3 Å². The average Bonchev–Trinajstić information content (AvgIpc) is 2.79. The minimum absolute atomic E-state index is 0.0150. The molecule has 1 atom stereocenters. The van der Waals surface area contributed by atoms with Gasteiger partial charge in [0.2, 0.25) is 5.91 Å². The van der Waals surface area contributed by atoms with Crippen LogP contribution < -0.4 is 5.32 Å². The molecular formula is C14H13N3O. The van der Waals surface area contributed by atoms with E-state index in [-0.39, 0.29) is 11.9 Å². The van der Waals surface area contributed by atoms with Crippen LogP contribution in [-0.2, 0) is 4.79 Å². The van der Waals surface area contributed by atoms with Crippen molar-refractivity contribution in [1.82, 2.24) is 10.3 Å². The Bertz CT molecular complexity index is 648. The molecule has 1 aliphatic heterocycles. The van der Waals surface area contributed by atoms with Crippen LogP contribution in [0.1, 0.15) is 18.9 Å². The third-order valence-corrected chi connectivity index (χ3v) is 3.09. The fourth-order valence-electron chi connectivity index (χ4n) is 2.09. The van der Waals surface area contributed by atoms with Gasteiger partial charge in [-0.15, -0.1) is 0 Å². The van der Waals surface area contributed by atoms with Crippen molar-refractivity contribution in [3.63, 3.8) is 0 Å². The summed E-state index contributed by atoms with van der Waals surface area (Å²) < 4.78 is 0. The van der Waals surface area contributed by atoms with Crippen molar-refractivity contribution in [2.75, 3.05) is 0 Å². The highest BCUT2D eigenvalue weighted by atomic mass is 16.2. The zero-order valence-electron chi connectivity index (χ0n) is 10.1. The van der Waals surface area contributed by atoms with Gasteiger partial charge in [-0.1, -0.05) is 13.0 Å². The van der Waals surface area contributed by atoms with E-state index in [0.717, 1.165) is 22.9 Å². The number of fused-ring (bicyclic) bond motifs is 1. The lowest BCUT2D eigenvalue weighted by atomic mass is 10.1. The molecule has 4 nitrogen and oxygen atoms in total. The van der Waals surface area contributed by atoms with Gasteiger partial charge in [-0.3, -0.25) is 14.8 Å². The fourth-order valence-corrected chi connectivity index (χ4v) is 2.09. The van der Waals surface area contributed by atoms with E-state index in [4.69, 9.17) is 0 Å². The molecule has 0 aliphatic carbocycles. The number of aromatic nitrogens is 1. The summed E-state index contributed by atoms with van der Waals surface area (Å²) in [5, 5.41) is 3.87. The predicted molar refractivity (Wildman–Crippen MR) is 70.5 cm³/mol. The minimum atomic E-state index is -0.246.